The van der Waals surface area contributed by atoms with Gasteiger partial charge in [-0.25, -0.2) is 14.4 Å². The predicted molar refractivity (Wildman–Crippen MR) is 63.0 cm³/mol. The summed E-state index contributed by atoms with van der Waals surface area (Å²) in [5.74, 6) is 0.160. The minimum atomic E-state index is -0.315. The van der Waals surface area contributed by atoms with Crippen LogP contribution in [-0.4, -0.2) is 9.97 Å². The third-order valence-electron chi connectivity index (χ3n) is 2.11. The van der Waals surface area contributed by atoms with Crippen molar-refractivity contribution in [1.29, 1.82) is 0 Å². The van der Waals surface area contributed by atoms with Crippen LogP contribution in [0.2, 0.25) is 0 Å². The van der Waals surface area contributed by atoms with Crippen LogP contribution < -0.4 is 5.73 Å². The molecule has 2 rings (SSSR count). The van der Waals surface area contributed by atoms with E-state index in [1.165, 1.54) is 12.1 Å². The molecule has 0 bridgehead atoms. The van der Waals surface area contributed by atoms with Crippen molar-refractivity contribution in [3.8, 4) is 11.4 Å². The SMILES string of the molecule is NCc1cnc(-c2cc(F)ccc2Br)nc1. The molecule has 1 heterocycles. The second-order valence-electron chi connectivity index (χ2n) is 3.24. The first-order valence-corrected chi connectivity index (χ1v) is 5.46. The first-order chi connectivity index (χ1) is 7.70. The summed E-state index contributed by atoms with van der Waals surface area (Å²) >= 11 is 3.33. The molecule has 0 unspecified atom stereocenters. The summed E-state index contributed by atoms with van der Waals surface area (Å²) in [6, 6.07) is 4.40. The highest BCUT2D eigenvalue weighted by Crippen LogP contribution is 2.25. The molecule has 0 saturated heterocycles. The van der Waals surface area contributed by atoms with Gasteiger partial charge in [0, 0.05) is 34.5 Å². The largest absolute Gasteiger partial charge is 0.326 e. The molecule has 2 aromatic rings. The summed E-state index contributed by atoms with van der Waals surface area (Å²) in [6.07, 6.45) is 3.28. The molecule has 0 aliphatic heterocycles. The van der Waals surface area contributed by atoms with Crippen LogP contribution in [-0.2, 0) is 6.54 Å². The molecule has 3 nitrogen and oxygen atoms in total. The minimum Gasteiger partial charge on any atom is -0.326 e. The lowest BCUT2D eigenvalue weighted by Crippen LogP contribution is -1.99. The van der Waals surface area contributed by atoms with Gasteiger partial charge in [0.2, 0.25) is 0 Å². The molecule has 2 N–H and O–H groups in total. The number of rotatable bonds is 2. The van der Waals surface area contributed by atoms with Crippen LogP contribution in [0, 0.1) is 5.82 Å². The van der Waals surface area contributed by atoms with Crippen molar-refractivity contribution in [2.75, 3.05) is 0 Å². The molecule has 16 heavy (non-hydrogen) atoms. The van der Waals surface area contributed by atoms with E-state index in [0.717, 1.165) is 10.0 Å². The van der Waals surface area contributed by atoms with E-state index >= 15 is 0 Å². The van der Waals surface area contributed by atoms with Crippen LogP contribution in [0.1, 0.15) is 5.56 Å². The third kappa shape index (κ3) is 2.25. The zero-order chi connectivity index (χ0) is 11.5. The van der Waals surface area contributed by atoms with Crippen LogP contribution in [0.25, 0.3) is 11.4 Å². The monoisotopic (exact) mass is 281 g/mol. The lowest BCUT2D eigenvalue weighted by molar-refractivity contribution is 0.628. The van der Waals surface area contributed by atoms with E-state index < -0.39 is 0 Å². The minimum absolute atomic E-state index is 0.315. The van der Waals surface area contributed by atoms with Crippen molar-refractivity contribution in [2.45, 2.75) is 6.54 Å². The zero-order valence-corrected chi connectivity index (χ0v) is 9.91. The van der Waals surface area contributed by atoms with Gasteiger partial charge in [0.25, 0.3) is 0 Å². The summed E-state index contributed by atoms with van der Waals surface area (Å²) in [7, 11) is 0. The number of benzene rings is 1. The molecule has 82 valence electrons. The normalized spacial score (nSPS) is 10.4. The maximum atomic E-state index is 13.1. The number of nitrogens with two attached hydrogens (primary N) is 1. The van der Waals surface area contributed by atoms with Crippen molar-refractivity contribution < 1.29 is 4.39 Å². The molecule has 0 fully saturated rings. The molecule has 0 aliphatic carbocycles. The van der Waals surface area contributed by atoms with Crippen LogP contribution in [0.15, 0.2) is 35.1 Å². The fraction of sp³-hybridized carbons (Fsp3) is 0.0909. The summed E-state index contributed by atoms with van der Waals surface area (Å²) < 4.78 is 13.8. The van der Waals surface area contributed by atoms with Gasteiger partial charge in [-0.3, -0.25) is 0 Å². The number of hydrogen-bond acceptors (Lipinski definition) is 3. The Kier molecular flexibility index (Phi) is 3.26. The Balaban J connectivity index is 2.45. The first kappa shape index (κ1) is 11.2. The van der Waals surface area contributed by atoms with Gasteiger partial charge < -0.3 is 5.73 Å². The quantitative estimate of drug-likeness (QED) is 0.920. The summed E-state index contributed by atoms with van der Waals surface area (Å²) in [6.45, 7) is 0.393. The van der Waals surface area contributed by atoms with Crippen molar-refractivity contribution >= 4 is 15.9 Å². The van der Waals surface area contributed by atoms with E-state index in [2.05, 4.69) is 25.9 Å². The molecular formula is C11H9BrFN3. The molecule has 0 saturated carbocycles. The van der Waals surface area contributed by atoms with Crippen molar-refractivity contribution in [2.24, 2.45) is 5.73 Å². The van der Waals surface area contributed by atoms with Crippen molar-refractivity contribution in [3.63, 3.8) is 0 Å². The molecule has 5 heteroatoms. The van der Waals surface area contributed by atoms with E-state index in [1.807, 2.05) is 0 Å². The summed E-state index contributed by atoms with van der Waals surface area (Å²) in [5.41, 5.74) is 6.92. The number of halogens is 2. The second-order valence-corrected chi connectivity index (χ2v) is 4.10. The van der Waals surface area contributed by atoms with E-state index in [4.69, 9.17) is 5.73 Å². The van der Waals surface area contributed by atoms with Gasteiger partial charge in [-0.1, -0.05) is 15.9 Å². The smallest absolute Gasteiger partial charge is 0.160 e. The van der Waals surface area contributed by atoms with Crippen LogP contribution >= 0.6 is 15.9 Å². The molecule has 1 aromatic carbocycles. The highest BCUT2D eigenvalue weighted by Gasteiger charge is 2.07. The standard InChI is InChI=1S/C11H9BrFN3/c12-10-2-1-8(13)3-9(10)11-15-5-7(4-14)6-16-11/h1-3,5-6H,4,14H2. The number of nitrogens with zero attached hydrogens (tertiary/aromatic N) is 2. The Morgan fingerprint density at radius 1 is 1.25 bits per heavy atom. The summed E-state index contributed by atoms with van der Waals surface area (Å²) in [5, 5.41) is 0. The molecule has 0 radical (unpaired) electrons. The highest BCUT2D eigenvalue weighted by atomic mass is 79.9. The lowest BCUT2D eigenvalue weighted by Gasteiger charge is -2.03. The molecule has 0 atom stereocenters. The fourth-order valence-electron chi connectivity index (χ4n) is 1.27. The average molecular weight is 282 g/mol. The Bertz CT molecular complexity index is 499. The topological polar surface area (TPSA) is 51.8 Å². The Hall–Kier alpha value is -1.33. The first-order valence-electron chi connectivity index (χ1n) is 4.67. The third-order valence-corrected chi connectivity index (χ3v) is 2.80. The maximum Gasteiger partial charge on any atom is 0.160 e. The number of hydrogen-bond donors (Lipinski definition) is 1. The molecule has 0 aliphatic rings. The van der Waals surface area contributed by atoms with Gasteiger partial charge in [0.1, 0.15) is 5.82 Å². The maximum absolute atomic E-state index is 13.1. The van der Waals surface area contributed by atoms with Gasteiger partial charge in [-0.15, -0.1) is 0 Å². The zero-order valence-electron chi connectivity index (χ0n) is 8.32. The van der Waals surface area contributed by atoms with Crippen molar-refractivity contribution in [1.82, 2.24) is 9.97 Å². The van der Waals surface area contributed by atoms with Crippen LogP contribution in [0.3, 0.4) is 0 Å². The van der Waals surface area contributed by atoms with Gasteiger partial charge >= 0.3 is 0 Å². The van der Waals surface area contributed by atoms with Crippen LogP contribution in [0.4, 0.5) is 4.39 Å². The highest BCUT2D eigenvalue weighted by molar-refractivity contribution is 9.10. The Morgan fingerprint density at radius 2 is 1.94 bits per heavy atom. The second kappa shape index (κ2) is 4.67. The van der Waals surface area contributed by atoms with Crippen molar-refractivity contribution in [3.05, 3.63) is 46.4 Å². The van der Waals surface area contributed by atoms with Gasteiger partial charge in [0.15, 0.2) is 5.82 Å². The summed E-state index contributed by atoms with van der Waals surface area (Å²) in [4.78, 5) is 8.27. The molecule has 0 amide bonds. The van der Waals surface area contributed by atoms with Gasteiger partial charge in [-0.2, -0.15) is 0 Å². The Labute approximate surface area is 101 Å². The van der Waals surface area contributed by atoms with Gasteiger partial charge in [0.05, 0.1) is 0 Å². The Morgan fingerprint density at radius 3 is 2.56 bits per heavy atom. The van der Waals surface area contributed by atoms with E-state index in [0.29, 0.717) is 17.9 Å². The van der Waals surface area contributed by atoms with E-state index in [-0.39, 0.29) is 5.82 Å². The predicted octanol–water partition coefficient (Wildman–Crippen LogP) is 2.50. The van der Waals surface area contributed by atoms with Gasteiger partial charge in [-0.05, 0) is 18.2 Å². The van der Waals surface area contributed by atoms with E-state index in [1.54, 1.807) is 18.5 Å². The lowest BCUT2D eigenvalue weighted by atomic mass is 10.2. The number of aromatic nitrogens is 2. The average Bonchev–Trinajstić information content (AvgIpc) is 2.32. The molecular weight excluding hydrogens is 273 g/mol. The molecule has 1 aromatic heterocycles. The molecule has 0 spiro atoms. The van der Waals surface area contributed by atoms with Crippen LogP contribution in [0.5, 0.6) is 0 Å². The fourth-order valence-corrected chi connectivity index (χ4v) is 1.69. The van der Waals surface area contributed by atoms with E-state index in [9.17, 15) is 4.39 Å².